The average Bonchev–Trinajstić information content (AvgIpc) is 2.90. The van der Waals surface area contributed by atoms with Crippen molar-refractivity contribution in [1.29, 1.82) is 0 Å². The maximum Gasteiger partial charge on any atom is 0.338 e. The van der Waals surface area contributed by atoms with Gasteiger partial charge in [-0.15, -0.1) is 0 Å². The van der Waals surface area contributed by atoms with Crippen molar-refractivity contribution in [2.75, 3.05) is 52.5 Å². The van der Waals surface area contributed by atoms with Gasteiger partial charge in [-0.3, -0.25) is 0 Å². The van der Waals surface area contributed by atoms with Crippen molar-refractivity contribution in [2.24, 2.45) is 0 Å². The van der Waals surface area contributed by atoms with Crippen LogP contribution in [-0.4, -0.2) is 74.2 Å². The highest BCUT2D eigenvalue weighted by atomic mass is 16.5. The molecule has 0 unspecified atom stereocenters. The third kappa shape index (κ3) is 14.6. The summed E-state index contributed by atoms with van der Waals surface area (Å²) in [6.45, 7) is 15.9. The predicted octanol–water partition coefficient (Wildman–Crippen LogP) is 6.58. The molecule has 6 nitrogen and oxygen atoms in total. The summed E-state index contributed by atoms with van der Waals surface area (Å²) in [4.78, 5) is 30.0. The second-order valence-corrected chi connectivity index (χ2v) is 9.66. The number of unbranched alkanes of at least 4 members (excludes halogenated alkanes) is 4. The quantitative estimate of drug-likeness (QED) is 0.131. The number of hydrogen-bond donors (Lipinski definition) is 0. The van der Waals surface area contributed by atoms with Crippen LogP contribution >= 0.6 is 0 Å². The van der Waals surface area contributed by atoms with Crippen LogP contribution in [0.5, 0.6) is 0 Å². The van der Waals surface area contributed by atoms with Gasteiger partial charge in [-0.2, -0.15) is 0 Å². The first-order valence-electron chi connectivity index (χ1n) is 14.4. The molecule has 0 N–H and O–H groups in total. The summed E-state index contributed by atoms with van der Waals surface area (Å²) < 4.78 is 11.0. The minimum absolute atomic E-state index is 0.384. The highest BCUT2D eigenvalue weighted by Gasteiger charge is 2.13. The van der Waals surface area contributed by atoms with Crippen LogP contribution in [0.25, 0.3) is 0 Å². The molecule has 0 heterocycles. The predicted molar refractivity (Wildman–Crippen MR) is 149 cm³/mol. The fourth-order valence-corrected chi connectivity index (χ4v) is 4.04. The first-order chi connectivity index (χ1) is 17.5. The van der Waals surface area contributed by atoms with E-state index in [1.165, 1.54) is 51.4 Å². The van der Waals surface area contributed by atoms with E-state index in [1.54, 1.807) is 24.3 Å². The van der Waals surface area contributed by atoms with E-state index in [0.717, 1.165) is 52.1 Å². The number of ether oxygens (including phenoxy) is 2. The molecule has 206 valence electrons. The first kappa shape index (κ1) is 32.1. The zero-order valence-corrected chi connectivity index (χ0v) is 23.6. The summed E-state index contributed by atoms with van der Waals surface area (Å²) in [5.74, 6) is -0.776. The molecular weight excluding hydrogens is 452 g/mol. The Bertz CT molecular complexity index is 639. The third-order valence-corrected chi connectivity index (χ3v) is 6.35. The second-order valence-electron chi connectivity index (χ2n) is 9.66. The van der Waals surface area contributed by atoms with Crippen LogP contribution in [0.3, 0.4) is 0 Å². The van der Waals surface area contributed by atoms with Crippen molar-refractivity contribution in [2.45, 2.75) is 91.9 Å². The zero-order valence-electron chi connectivity index (χ0n) is 23.6. The van der Waals surface area contributed by atoms with Gasteiger partial charge >= 0.3 is 11.9 Å². The van der Waals surface area contributed by atoms with Crippen molar-refractivity contribution in [1.82, 2.24) is 9.80 Å². The molecule has 0 aliphatic heterocycles. The Balaban J connectivity index is 2.43. The molecule has 0 bridgehead atoms. The largest absolute Gasteiger partial charge is 0.462 e. The van der Waals surface area contributed by atoms with Crippen molar-refractivity contribution >= 4 is 11.9 Å². The van der Waals surface area contributed by atoms with Gasteiger partial charge in [-0.05, 0) is 82.9 Å². The van der Waals surface area contributed by atoms with Gasteiger partial charge in [0, 0.05) is 13.1 Å². The van der Waals surface area contributed by atoms with Gasteiger partial charge < -0.3 is 19.3 Å². The normalized spacial score (nSPS) is 11.3. The summed E-state index contributed by atoms with van der Waals surface area (Å²) in [7, 11) is 0. The van der Waals surface area contributed by atoms with Crippen molar-refractivity contribution in [3.63, 3.8) is 0 Å². The Labute approximate surface area is 220 Å². The number of hydrogen-bond acceptors (Lipinski definition) is 6. The molecule has 0 aromatic heterocycles. The second kappa shape index (κ2) is 21.2. The average molecular weight is 505 g/mol. The topological polar surface area (TPSA) is 59.1 Å². The van der Waals surface area contributed by atoms with Crippen molar-refractivity contribution in [3.8, 4) is 0 Å². The lowest BCUT2D eigenvalue weighted by Crippen LogP contribution is -2.28. The maximum absolute atomic E-state index is 12.5. The molecular formula is C30H52N2O4. The van der Waals surface area contributed by atoms with E-state index < -0.39 is 0 Å². The van der Waals surface area contributed by atoms with Gasteiger partial charge in [-0.1, -0.05) is 59.4 Å². The fourth-order valence-electron chi connectivity index (χ4n) is 4.04. The van der Waals surface area contributed by atoms with E-state index in [-0.39, 0.29) is 11.9 Å². The molecule has 1 rings (SSSR count). The Morgan fingerprint density at radius 3 is 1.25 bits per heavy atom. The molecule has 0 radical (unpaired) electrons. The van der Waals surface area contributed by atoms with Crippen LogP contribution in [0.15, 0.2) is 24.3 Å². The van der Waals surface area contributed by atoms with Crippen LogP contribution < -0.4 is 0 Å². The summed E-state index contributed by atoms with van der Waals surface area (Å²) in [6, 6.07) is 6.66. The highest BCUT2D eigenvalue weighted by molar-refractivity contribution is 5.95. The van der Waals surface area contributed by atoms with E-state index in [0.29, 0.717) is 24.3 Å². The molecule has 0 aliphatic carbocycles. The SMILES string of the molecule is CCCCN(CCCC)CCCOC(=O)c1cccc(C(=O)OCCCN(CCCC)CCCC)c1. The van der Waals surface area contributed by atoms with Crippen LogP contribution in [0.2, 0.25) is 0 Å². The minimum Gasteiger partial charge on any atom is -0.462 e. The van der Waals surface area contributed by atoms with Gasteiger partial charge in [0.2, 0.25) is 0 Å². The Morgan fingerprint density at radius 2 is 0.917 bits per heavy atom. The molecule has 0 atom stereocenters. The molecule has 1 aromatic rings. The number of benzene rings is 1. The van der Waals surface area contributed by atoms with Gasteiger partial charge in [-0.25, -0.2) is 9.59 Å². The van der Waals surface area contributed by atoms with Crippen molar-refractivity contribution < 1.29 is 19.1 Å². The van der Waals surface area contributed by atoms with Crippen LogP contribution in [0, 0.1) is 0 Å². The summed E-state index contributed by atoms with van der Waals surface area (Å²) in [6.07, 6.45) is 11.2. The van der Waals surface area contributed by atoms with Gasteiger partial charge in [0.05, 0.1) is 24.3 Å². The van der Waals surface area contributed by atoms with Gasteiger partial charge in [0.15, 0.2) is 0 Å². The van der Waals surface area contributed by atoms with E-state index in [9.17, 15) is 9.59 Å². The van der Waals surface area contributed by atoms with Crippen molar-refractivity contribution in [3.05, 3.63) is 35.4 Å². The molecule has 36 heavy (non-hydrogen) atoms. The molecule has 0 spiro atoms. The van der Waals surface area contributed by atoms with Crippen LogP contribution in [0.1, 0.15) is 113 Å². The molecule has 1 aromatic carbocycles. The van der Waals surface area contributed by atoms with E-state index in [1.807, 2.05) is 0 Å². The summed E-state index contributed by atoms with van der Waals surface area (Å²) in [5.41, 5.74) is 0.784. The zero-order chi connectivity index (χ0) is 26.4. The van der Waals surface area contributed by atoms with E-state index in [4.69, 9.17) is 9.47 Å². The van der Waals surface area contributed by atoms with E-state index >= 15 is 0 Å². The molecule has 0 aliphatic rings. The monoisotopic (exact) mass is 504 g/mol. The standard InChI is InChI=1S/C30H52N2O4/c1-5-9-18-31(19-10-6-2)22-14-24-35-29(33)27-16-13-17-28(26-27)30(34)36-25-15-23-32(20-11-7-3)21-12-8-4/h13,16-17,26H,5-12,14-15,18-25H2,1-4H3. The van der Waals surface area contributed by atoms with E-state index in [2.05, 4.69) is 37.5 Å². The van der Waals surface area contributed by atoms with Gasteiger partial charge in [0.1, 0.15) is 0 Å². The molecule has 0 amide bonds. The Hall–Kier alpha value is -1.92. The van der Waals surface area contributed by atoms with Crippen LogP contribution in [0.4, 0.5) is 0 Å². The molecule has 0 saturated heterocycles. The minimum atomic E-state index is -0.388. The maximum atomic E-state index is 12.5. The Morgan fingerprint density at radius 1 is 0.583 bits per heavy atom. The number of nitrogens with zero attached hydrogens (tertiary/aromatic N) is 2. The number of carbonyl (C=O) groups is 2. The summed E-state index contributed by atoms with van der Waals surface area (Å²) >= 11 is 0. The number of esters is 2. The lowest BCUT2D eigenvalue weighted by Gasteiger charge is -2.21. The first-order valence-corrected chi connectivity index (χ1v) is 14.4. The molecule has 6 heteroatoms. The summed E-state index contributed by atoms with van der Waals surface area (Å²) in [5, 5.41) is 0. The molecule has 0 fully saturated rings. The lowest BCUT2D eigenvalue weighted by molar-refractivity contribution is 0.0486. The Kier molecular flexibility index (Phi) is 18.9. The number of carbonyl (C=O) groups excluding carboxylic acids is 2. The lowest BCUT2D eigenvalue weighted by atomic mass is 10.1. The van der Waals surface area contributed by atoms with Gasteiger partial charge in [0.25, 0.3) is 0 Å². The third-order valence-electron chi connectivity index (χ3n) is 6.35. The van der Waals surface area contributed by atoms with Crippen LogP contribution in [-0.2, 0) is 9.47 Å². The number of rotatable bonds is 22. The molecule has 0 saturated carbocycles. The fraction of sp³-hybridized carbons (Fsp3) is 0.733. The smallest absolute Gasteiger partial charge is 0.338 e. The highest BCUT2D eigenvalue weighted by Crippen LogP contribution is 2.10.